The molecule has 8 heteroatoms. The molecular weight excluding hydrogens is 428 g/mol. The Hall–Kier alpha value is -1.95. The summed E-state index contributed by atoms with van der Waals surface area (Å²) in [6.07, 6.45) is 2.13. The summed E-state index contributed by atoms with van der Waals surface area (Å²) in [5.41, 5.74) is 0.956. The van der Waals surface area contributed by atoms with Crippen molar-refractivity contribution in [1.82, 2.24) is 0 Å². The number of hydrogen-bond donors (Lipinski definition) is 0. The Morgan fingerprint density at radius 3 is 2.29 bits per heavy atom. The van der Waals surface area contributed by atoms with Crippen LogP contribution in [0.3, 0.4) is 0 Å². The molecule has 0 saturated carbocycles. The maximum Gasteiger partial charge on any atom is 0.540 e. The highest BCUT2D eigenvalue weighted by molar-refractivity contribution is 6.82. The van der Waals surface area contributed by atoms with Crippen LogP contribution in [0.25, 0.3) is 0 Å². The molecule has 1 heterocycles. The fourth-order valence-electron chi connectivity index (χ4n) is 3.58. The second-order valence-corrected chi connectivity index (χ2v) is 12.5. The van der Waals surface area contributed by atoms with Crippen molar-refractivity contribution in [2.75, 3.05) is 26.1 Å². The van der Waals surface area contributed by atoms with E-state index < -0.39 is 17.4 Å². The lowest BCUT2D eigenvalue weighted by molar-refractivity contribution is 0.0541. The van der Waals surface area contributed by atoms with E-state index in [1.807, 2.05) is 63.2 Å². The lowest BCUT2D eigenvalue weighted by Crippen LogP contribution is -2.57. The maximum atomic E-state index is 6.49. The molecule has 2 aromatic carbocycles. The number of fused-ring (bicyclic) bond motifs is 1. The summed E-state index contributed by atoms with van der Waals surface area (Å²) in [5, 5.41) is 1.10. The second kappa shape index (κ2) is 11.1. The number of hydrogen-bond acceptors (Lipinski definition) is 6. The summed E-state index contributed by atoms with van der Waals surface area (Å²) >= 11 is 0. The van der Waals surface area contributed by atoms with Crippen LogP contribution in [-0.4, -0.2) is 43.4 Å². The fraction of sp³-hybridized carbons (Fsp3) is 0.391. The summed E-state index contributed by atoms with van der Waals surface area (Å²) in [5.74, 6) is 1.54. The van der Waals surface area contributed by atoms with Crippen LogP contribution in [0.1, 0.15) is 26.3 Å². The van der Waals surface area contributed by atoms with Crippen LogP contribution >= 0.6 is 0 Å². The van der Waals surface area contributed by atoms with Crippen LogP contribution in [0.2, 0.25) is 6.04 Å². The third kappa shape index (κ3) is 5.65. The molecule has 0 spiro atoms. The summed E-state index contributed by atoms with van der Waals surface area (Å²) in [6.45, 7) is 11.7. The van der Waals surface area contributed by atoms with Gasteiger partial charge in [0.1, 0.15) is 11.5 Å². The summed E-state index contributed by atoms with van der Waals surface area (Å²) in [4.78, 5) is 0. The molecule has 0 aromatic heterocycles. The molecule has 6 nitrogen and oxygen atoms in total. The van der Waals surface area contributed by atoms with Crippen LogP contribution in [0.15, 0.2) is 61.2 Å². The average Bonchev–Trinajstić information content (AvgIpc) is 2.79. The van der Waals surface area contributed by atoms with Gasteiger partial charge in [0.05, 0.1) is 6.61 Å². The third-order valence-electron chi connectivity index (χ3n) is 4.90. The Kier molecular flexibility index (Phi) is 8.47. The number of ether oxygens (including phenoxy) is 1. The Bertz CT molecular complexity index is 830. The lowest BCUT2D eigenvalue weighted by Gasteiger charge is -2.36. The van der Waals surface area contributed by atoms with Gasteiger partial charge in [-0.15, -0.1) is 6.58 Å². The van der Waals surface area contributed by atoms with Crippen molar-refractivity contribution in [1.29, 1.82) is 0 Å². The topological polar surface area (TPSA) is 55.4 Å². The molecular formula is C23H32O6Si2. The maximum absolute atomic E-state index is 6.49. The summed E-state index contributed by atoms with van der Waals surface area (Å²) in [6, 6.07) is 16.6. The molecule has 0 N–H and O–H groups in total. The van der Waals surface area contributed by atoms with Gasteiger partial charge in [-0.1, -0.05) is 36.4 Å². The third-order valence-corrected chi connectivity index (χ3v) is 10.8. The quantitative estimate of drug-likeness (QED) is 0.351. The van der Waals surface area contributed by atoms with Crippen molar-refractivity contribution in [3.05, 3.63) is 66.7 Å². The fourth-order valence-corrected chi connectivity index (χ4v) is 8.55. The Morgan fingerprint density at radius 2 is 1.68 bits per heavy atom. The molecule has 0 fully saturated rings. The molecule has 2 aromatic rings. The van der Waals surface area contributed by atoms with Crippen molar-refractivity contribution in [3.63, 3.8) is 0 Å². The second-order valence-electron chi connectivity index (χ2n) is 7.04. The summed E-state index contributed by atoms with van der Waals surface area (Å²) < 4.78 is 36.5. The molecule has 1 unspecified atom stereocenters. The van der Waals surface area contributed by atoms with E-state index in [9.17, 15) is 0 Å². The van der Waals surface area contributed by atoms with Crippen molar-refractivity contribution in [2.24, 2.45) is 0 Å². The van der Waals surface area contributed by atoms with Gasteiger partial charge in [-0.3, -0.25) is 0 Å². The molecule has 1 aliphatic rings. The highest BCUT2D eigenvalue weighted by Gasteiger charge is 2.45. The van der Waals surface area contributed by atoms with E-state index >= 15 is 0 Å². The minimum Gasteiger partial charge on any atom is -0.517 e. The minimum absolute atomic E-state index is 0.252. The largest absolute Gasteiger partial charge is 0.540 e. The Balaban J connectivity index is 1.77. The minimum atomic E-state index is -2.88. The monoisotopic (exact) mass is 460 g/mol. The van der Waals surface area contributed by atoms with E-state index in [4.69, 9.17) is 26.9 Å². The predicted molar refractivity (Wildman–Crippen MR) is 125 cm³/mol. The smallest absolute Gasteiger partial charge is 0.517 e. The molecule has 3 rings (SSSR count). The van der Waals surface area contributed by atoms with E-state index in [1.54, 1.807) is 0 Å². The highest BCUT2D eigenvalue weighted by Crippen LogP contribution is 2.34. The van der Waals surface area contributed by atoms with Crippen LogP contribution in [-0.2, 0) is 24.3 Å². The standard InChI is InChI=1S/C23H32O6Si2/c1-5-16-30(22-12-10-9-11-13-22)28-18-20-17-21(14-15-23(20)29-30)24-19-31(25-6-2,26-7-3)27-8-4/h5,9-15,17H,1,6-8,16,18-19H2,2-4H3. The first-order valence-electron chi connectivity index (χ1n) is 10.8. The Morgan fingerprint density at radius 1 is 1.00 bits per heavy atom. The van der Waals surface area contributed by atoms with Gasteiger partial charge in [-0.25, -0.2) is 0 Å². The van der Waals surface area contributed by atoms with Gasteiger partial charge >= 0.3 is 17.4 Å². The van der Waals surface area contributed by atoms with E-state index in [2.05, 4.69) is 18.7 Å². The van der Waals surface area contributed by atoms with Gasteiger partial charge in [0.15, 0.2) is 6.23 Å². The number of benzene rings is 2. The van der Waals surface area contributed by atoms with Crippen LogP contribution < -0.4 is 14.3 Å². The molecule has 0 aliphatic carbocycles. The zero-order valence-electron chi connectivity index (χ0n) is 18.6. The summed E-state index contributed by atoms with van der Waals surface area (Å²) in [7, 11) is -5.50. The van der Waals surface area contributed by atoms with Crippen LogP contribution in [0.4, 0.5) is 0 Å². The number of rotatable bonds is 12. The van der Waals surface area contributed by atoms with Crippen molar-refractivity contribution in [2.45, 2.75) is 33.4 Å². The first-order valence-corrected chi connectivity index (χ1v) is 14.7. The van der Waals surface area contributed by atoms with Crippen molar-refractivity contribution >= 4 is 22.6 Å². The first-order chi connectivity index (χ1) is 15.1. The zero-order chi connectivity index (χ0) is 22.2. The highest BCUT2D eigenvalue weighted by atomic mass is 28.4. The molecule has 1 atom stereocenters. The average molecular weight is 461 g/mol. The molecule has 168 valence electrons. The SMILES string of the molecule is C=CC[Si]1(c2ccccc2)OCc2cc(OC[Si](OCC)(OCC)OCC)ccc2O1. The Labute approximate surface area is 187 Å². The predicted octanol–water partition coefficient (Wildman–Crippen LogP) is 4.10. The first kappa shape index (κ1) is 23.7. The van der Waals surface area contributed by atoms with Crippen molar-refractivity contribution < 1.29 is 26.9 Å². The molecule has 0 radical (unpaired) electrons. The van der Waals surface area contributed by atoms with Gasteiger partial charge in [0.25, 0.3) is 0 Å². The zero-order valence-corrected chi connectivity index (χ0v) is 20.6. The van der Waals surface area contributed by atoms with Gasteiger partial charge in [-0.2, -0.15) is 0 Å². The molecule has 1 aliphatic heterocycles. The van der Waals surface area contributed by atoms with Gasteiger partial charge < -0.3 is 26.9 Å². The van der Waals surface area contributed by atoms with Crippen LogP contribution in [0.5, 0.6) is 11.5 Å². The van der Waals surface area contributed by atoms with Gasteiger partial charge in [0.2, 0.25) is 0 Å². The molecule has 0 amide bonds. The van der Waals surface area contributed by atoms with E-state index in [1.165, 1.54) is 0 Å². The molecule has 31 heavy (non-hydrogen) atoms. The molecule has 0 bridgehead atoms. The van der Waals surface area contributed by atoms with E-state index in [-0.39, 0.29) is 6.23 Å². The van der Waals surface area contributed by atoms with Crippen molar-refractivity contribution in [3.8, 4) is 11.5 Å². The van der Waals surface area contributed by atoms with Crippen LogP contribution in [0, 0.1) is 0 Å². The van der Waals surface area contributed by atoms with Gasteiger partial charge in [0, 0.05) is 36.6 Å². The van der Waals surface area contributed by atoms with E-state index in [0.29, 0.717) is 38.2 Å². The number of allylic oxidation sites excluding steroid dienone is 1. The molecule has 0 saturated heterocycles. The van der Waals surface area contributed by atoms with Gasteiger partial charge in [-0.05, 0) is 39.0 Å². The normalized spacial score (nSPS) is 18.2. The van der Waals surface area contributed by atoms with E-state index in [0.717, 1.165) is 16.5 Å². The lowest BCUT2D eigenvalue weighted by atomic mass is 10.2.